The summed E-state index contributed by atoms with van der Waals surface area (Å²) >= 11 is 0. The van der Waals surface area contributed by atoms with Gasteiger partial charge in [-0.2, -0.15) is 0 Å². The molecular weight excluding hydrogens is 1790 g/mol. The number of methoxy groups -OCH3 is 3. The number of aromatic nitrogens is 7. The maximum atomic E-state index is 14.4. The van der Waals surface area contributed by atoms with Gasteiger partial charge in [0.05, 0.1) is 66.6 Å². The number of pyridine rings is 7. The van der Waals surface area contributed by atoms with Crippen LogP contribution in [0, 0.1) is 67.9 Å². The van der Waals surface area contributed by atoms with Crippen LogP contribution in [-0.2, 0) is 6.42 Å². The van der Waals surface area contributed by atoms with Crippen molar-refractivity contribution in [2.75, 3.05) is 99.9 Å². The Balaban J connectivity index is 0.000000136. The summed E-state index contributed by atoms with van der Waals surface area (Å²) < 4.78 is 44.2. The third-order valence-electron chi connectivity index (χ3n) is 28.1. The molecule has 7 aromatic heterocycles. The molecule has 0 unspecified atom stereocenters. The van der Waals surface area contributed by atoms with Crippen molar-refractivity contribution in [1.82, 2.24) is 64.3 Å². The highest BCUT2D eigenvalue weighted by molar-refractivity contribution is 5.97. The second-order valence-electron chi connectivity index (χ2n) is 38.9. The van der Waals surface area contributed by atoms with Gasteiger partial charge in [0.1, 0.15) is 51.5 Å². The number of fused-ring (bicyclic) bond motifs is 1. The number of amides is 6. The molecule has 143 heavy (non-hydrogen) atoms. The number of hydrogen-bond acceptors (Lipinski definition) is 16. The van der Waals surface area contributed by atoms with Gasteiger partial charge < -0.3 is 43.6 Å². The van der Waals surface area contributed by atoms with E-state index in [9.17, 15) is 37.5 Å². The molecule has 0 atom stereocenters. The number of piperidine rings is 6. The quantitative estimate of drug-likeness (QED) is 0.0873. The van der Waals surface area contributed by atoms with Gasteiger partial charge in [-0.15, -0.1) is 0 Å². The molecule has 24 heteroatoms. The van der Waals surface area contributed by atoms with Gasteiger partial charge in [-0.3, -0.25) is 33.8 Å². The van der Waals surface area contributed by atoms with E-state index in [1.165, 1.54) is 37.0 Å². The molecule has 0 bridgehead atoms. The van der Waals surface area contributed by atoms with Crippen LogP contribution in [0.25, 0.3) is 78.4 Å². The lowest BCUT2D eigenvalue weighted by atomic mass is 9.99. The zero-order valence-corrected chi connectivity index (χ0v) is 85.0. The Labute approximate surface area is 841 Å². The van der Waals surface area contributed by atoms with Gasteiger partial charge in [-0.05, 0) is 284 Å². The smallest absolute Gasteiger partial charge is 0.272 e. The lowest BCUT2D eigenvalue weighted by molar-refractivity contribution is 0.0684. The Morgan fingerprint density at radius 2 is 0.643 bits per heavy atom. The number of rotatable bonds is 16. The first-order valence-electron chi connectivity index (χ1n) is 50.6. The van der Waals surface area contributed by atoms with Gasteiger partial charge in [0.2, 0.25) is 0 Å². The molecular formula is C119H135F2N13O9. The van der Waals surface area contributed by atoms with Crippen molar-refractivity contribution >= 4 is 46.3 Å². The van der Waals surface area contributed by atoms with Gasteiger partial charge in [0.15, 0.2) is 11.6 Å². The zero-order chi connectivity index (χ0) is 101. The highest BCUT2D eigenvalue weighted by Gasteiger charge is 2.31. The first-order valence-corrected chi connectivity index (χ1v) is 50.6. The van der Waals surface area contributed by atoms with Crippen LogP contribution in [0.4, 0.5) is 8.78 Å². The number of halogens is 2. The number of hydrogen-bond donors (Lipinski definition) is 0. The second-order valence-corrected chi connectivity index (χ2v) is 38.9. The number of para-hydroxylation sites is 1. The number of likely N-dealkylation sites (tertiary alicyclic amines) is 6. The molecule has 6 aliphatic heterocycles. The molecule has 13 heterocycles. The minimum atomic E-state index is -0.469. The van der Waals surface area contributed by atoms with E-state index >= 15 is 0 Å². The van der Waals surface area contributed by atoms with E-state index in [-0.39, 0.29) is 46.8 Å². The topological polar surface area (TPSA) is 240 Å². The van der Waals surface area contributed by atoms with Crippen molar-refractivity contribution in [2.24, 2.45) is 35.5 Å². The number of aryl methyl sites for hydroxylation is 4. The summed E-state index contributed by atoms with van der Waals surface area (Å²) in [5.41, 5.74) is 17.5. The van der Waals surface area contributed by atoms with Gasteiger partial charge >= 0.3 is 0 Å². The number of carbonyl (C=O) groups is 6. The predicted molar refractivity (Wildman–Crippen MR) is 562 cm³/mol. The largest absolute Gasteiger partial charge is 0.496 e. The van der Waals surface area contributed by atoms with E-state index in [1.807, 2.05) is 158 Å². The normalized spacial score (nSPS) is 15.5. The zero-order valence-electron chi connectivity index (χ0n) is 85.0. The summed E-state index contributed by atoms with van der Waals surface area (Å²) in [4.78, 5) is 119. The second kappa shape index (κ2) is 50.4. The first-order chi connectivity index (χ1) is 69.2. The molecule has 0 radical (unpaired) electrons. The standard InChI is InChI=1S/C21H21N3O.C20H24N2O2.2C20H24N2O.2C19H21FN2O2/c1-15-9-11-24(12-10-15)21(25)20-8-4-7-19(23-20)17-13-16-5-2-3-6-18(16)22-14-17;1-14-9-11-22(12-10-14)20(23)18-6-4-5-17(21-18)16-7-8-19(24-3)15(2)13-16;1-14-9-11-22(12-10-14)20(23)19-6-4-5-18(21-19)17-8-7-15(2)13-16(17)3;1-3-16-7-4-5-8-17(16)18-9-6-10-19(21-18)20(23)22-13-11-15(2)12-14-22;1-13-9-11-22(12-10-13)19(23)16-7-4-6-15(21-16)18-14(20)5-3-8-17(18)24-2;1-13-9-11-22(12-10-13)19(23)16-7-4-6-15(21-16)14-5-3-8-17(24-2)18(14)20/h2-8,13-15H,9-12H2,1H3;4-8,13-14H,9-12H2,1-3H3;4-8,13-14H,9-12H2,1-3H3;4-10,15H,3,11-14H2,1-2H3;2*3-8,13H,9-12H2,1-2H3. The third kappa shape index (κ3) is 27.5. The Morgan fingerprint density at radius 3 is 1.05 bits per heavy atom. The molecule has 0 saturated carbocycles. The highest BCUT2D eigenvalue weighted by atomic mass is 19.1. The fourth-order valence-electron chi connectivity index (χ4n) is 18.7. The average molecular weight is 1930 g/mol. The highest BCUT2D eigenvalue weighted by Crippen LogP contribution is 2.36. The minimum Gasteiger partial charge on any atom is -0.496 e. The maximum Gasteiger partial charge on any atom is 0.272 e. The van der Waals surface area contributed by atoms with Crippen molar-refractivity contribution in [3.8, 4) is 84.8 Å². The molecule has 22 nitrogen and oxygen atoms in total. The predicted octanol–water partition coefficient (Wildman–Crippen LogP) is 24.1. The van der Waals surface area contributed by atoms with Gasteiger partial charge in [0.25, 0.3) is 35.4 Å². The molecule has 6 aliphatic rings. The molecule has 6 fully saturated rings. The molecule has 13 aromatic rings. The van der Waals surface area contributed by atoms with Crippen LogP contribution in [0.3, 0.4) is 0 Å². The van der Waals surface area contributed by atoms with E-state index in [0.29, 0.717) is 86.5 Å². The molecule has 0 N–H and O–H groups in total. The Morgan fingerprint density at radius 1 is 0.308 bits per heavy atom. The van der Waals surface area contributed by atoms with E-state index in [4.69, 9.17) is 14.2 Å². The van der Waals surface area contributed by atoms with E-state index in [0.717, 1.165) is 235 Å². The van der Waals surface area contributed by atoms with Crippen molar-refractivity contribution in [1.29, 1.82) is 0 Å². The van der Waals surface area contributed by atoms with Crippen molar-refractivity contribution < 1.29 is 51.8 Å². The van der Waals surface area contributed by atoms with Gasteiger partial charge in [-0.1, -0.05) is 163 Å². The Kier molecular flexibility index (Phi) is 36.8. The summed E-state index contributed by atoms with van der Waals surface area (Å²) in [5.74, 6) is 4.67. The number of ether oxygens (including phenoxy) is 3. The summed E-state index contributed by atoms with van der Waals surface area (Å²) in [6.45, 7) is 31.4. The van der Waals surface area contributed by atoms with Crippen LogP contribution in [-0.4, -0.2) is 200 Å². The van der Waals surface area contributed by atoms with Crippen molar-refractivity contribution in [2.45, 2.75) is 153 Å². The summed E-state index contributed by atoms with van der Waals surface area (Å²) in [5, 5.41) is 1.07. The van der Waals surface area contributed by atoms with Gasteiger partial charge in [0, 0.05) is 118 Å². The number of benzene rings is 6. The molecule has 0 spiro atoms. The van der Waals surface area contributed by atoms with E-state index < -0.39 is 11.6 Å². The third-order valence-corrected chi connectivity index (χ3v) is 28.1. The van der Waals surface area contributed by atoms with Crippen LogP contribution in [0.15, 0.2) is 243 Å². The lowest BCUT2D eigenvalue weighted by Crippen LogP contribution is -2.38. The minimum absolute atomic E-state index is 0.0301. The SMILES string of the molecule is CC1CCN(C(=O)c2cccc(-c3cnc4ccccc4c3)n2)CC1.CCc1ccccc1-c1cccc(C(=O)N2CCC(C)CC2)n1.COc1ccc(-c2cccc(C(=O)N3CCC(C)CC3)n2)cc1C.COc1cccc(-c2cccc(C(=O)N3CCC(C)CC3)n2)c1F.COc1cccc(F)c1-c1cccc(C(=O)N2CCC(C)CC2)n1.Cc1ccc(-c2cccc(C(=O)N3CCC(C)CC3)n2)c(C)c1. The fraction of sp³-hybridized carbons (Fsp3) is 0.370. The number of nitrogens with zero attached hydrogens (tertiary/aromatic N) is 13. The summed E-state index contributed by atoms with van der Waals surface area (Å²) in [6.07, 6.45) is 15.4. The molecule has 744 valence electrons. The Hall–Kier alpha value is -14.3. The fourth-order valence-corrected chi connectivity index (χ4v) is 18.7. The molecule has 19 rings (SSSR count). The average Bonchev–Trinajstić information content (AvgIpc) is 0.800. The van der Waals surface area contributed by atoms with Crippen LogP contribution in [0.1, 0.15) is 211 Å². The molecule has 6 saturated heterocycles. The molecule has 6 amide bonds. The number of carbonyl (C=O) groups excluding carboxylic acids is 6. The maximum absolute atomic E-state index is 14.4. The molecule has 0 aliphatic carbocycles. The monoisotopic (exact) mass is 1930 g/mol. The van der Waals surface area contributed by atoms with E-state index in [2.05, 4.69) is 134 Å². The lowest BCUT2D eigenvalue weighted by Gasteiger charge is -2.30. The van der Waals surface area contributed by atoms with E-state index in [1.54, 1.807) is 86.0 Å². The molecule has 6 aromatic carbocycles. The van der Waals surface area contributed by atoms with Crippen LogP contribution in [0.5, 0.6) is 17.2 Å². The van der Waals surface area contributed by atoms with Crippen molar-refractivity contribution in [3.05, 3.63) is 311 Å². The first kappa shape index (κ1) is 105. The van der Waals surface area contributed by atoms with Gasteiger partial charge in [-0.25, -0.2) is 38.7 Å². The van der Waals surface area contributed by atoms with Crippen LogP contribution < -0.4 is 14.2 Å². The Bertz CT molecular complexity index is 6550. The summed E-state index contributed by atoms with van der Waals surface area (Å²) in [6, 6.07) is 73.2. The van der Waals surface area contributed by atoms with Crippen LogP contribution in [0.2, 0.25) is 0 Å². The summed E-state index contributed by atoms with van der Waals surface area (Å²) in [7, 11) is 4.58. The van der Waals surface area contributed by atoms with Crippen LogP contribution >= 0.6 is 0 Å². The van der Waals surface area contributed by atoms with Crippen molar-refractivity contribution in [3.63, 3.8) is 0 Å².